The monoisotopic (exact) mass is 375 g/mol. The zero-order chi connectivity index (χ0) is 18.8. The maximum atomic E-state index is 5.89. The largest absolute Gasteiger partial charge is 0.491 e. The van der Waals surface area contributed by atoms with Crippen LogP contribution in [0.15, 0.2) is 35.3 Å². The number of guanidine groups is 1. The maximum absolute atomic E-state index is 5.89. The third kappa shape index (κ3) is 6.69. The maximum Gasteiger partial charge on any atom is 0.191 e. The first-order chi connectivity index (χ1) is 12.6. The van der Waals surface area contributed by atoms with Gasteiger partial charge in [-0.3, -0.25) is 4.99 Å². The predicted molar refractivity (Wildman–Crippen MR) is 109 cm³/mol. The first kappa shape index (κ1) is 20.3. The first-order valence-electron chi connectivity index (χ1n) is 8.92. The van der Waals surface area contributed by atoms with E-state index in [0.717, 1.165) is 23.8 Å². The molecular weight excluding hydrogens is 346 g/mol. The zero-order valence-electron chi connectivity index (χ0n) is 16.1. The molecule has 0 saturated carbocycles. The lowest BCUT2D eigenvalue weighted by Crippen LogP contribution is -2.36. The standard InChI is InChI=1S/C20H29N3O2S/c1-5-24-10-11-25-19-12-15(2)6-8-17(19)13-22-20(21-4)23-14-18-9-7-16(3)26-18/h6-9,12H,5,10-11,13-14H2,1-4H3,(H2,21,22,23). The smallest absolute Gasteiger partial charge is 0.191 e. The lowest BCUT2D eigenvalue weighted by molar-refractivity contribution is 0.110. The van der Waals surface area contributed by atoms with Crippen LogP contribution in [0, 0.1) is 13.8 Å². The Morgan fingerprint density at radius 1 is 1.08 bits per heavy atom. The van der Waals surface area contributed by atoms with Gasteiger partial charge >= 0.3 is 0 Å². The molecule has 1 aromatic heterocycles. The molecule has 0 bridgehead atoms. The SMILES string of the molecule is CCOCCOc1cc(C)ccc1CNC(=NC)NCc1ccc(C)s1. The lowest BCUT2D eigenvalue weighted by Gasteiger charge is -2.15. The van der Waals surface area contributed by atoms with Gasteiger partial charge in [0.1, 0.15) is 12.4 Å². The van der Waals surface area contributed by atoms with Crippen LogP contribution in [-0.2, 0) is 17.8 Å². The van der Waals surface area contributed by atoms with E-state index in [1.165, 1.54) is 15.3 Å². The molecule has 0 radical (unpaired) electrons. The third-order valence-corrected chi connectivity index (χ3v) is 4.81. The quantitative estimate of drug-likeness (QED) is 0.399. The Morgan fingerprint density at radius 2 is 1.88 bits per heavy atom. The van der Waals surface area contributed by atoms with E-state index >= 15 is 0 Å². The molecule has 0 atom stereocenters. The highest BCUT2D eigenvalue weighted by molar-refractivity contribution is 7.11. The van der Waals surface area contributed by atoms with Crippen LogP contribution >= 0.6 is 11.3 Å². The van der Waals surface area contributed by atoms with Crippen LogP contribution in [0.25, 0.3) is 0 Å². The second-order valence-corrected chi connectivity index (χ2v) is 7.32. The van der Waals surface area contributed by atoms with Crippen molar-refractivity contribution in [2.45, 2.75) is 33.9 Å². The number of rotatable bonds is 9. The van der Waals surface area contributed by atoms with Crippen molar-refractivity contribution in [1.29, 1.82) is 0 Å². The van der Waals surface area contributed by atoms with Gasteiger partial charge in [0.15, 0.2) is 5.96 Å². The number of nitrogens with zero attached hydrogens (tertiary/aromatic N) is 1. The fourth-order valence-electron chi connectivity index (χ4n) is 2.45. The fraction of sp³-hybridized carbons (Fsp3) is 0.450. The average Bonchev–Trinajstić information content (AvgIpc) is 3.05. The molecule has 2 aromatic rings. The predicted octanol–water partition coefficient (Wildman–Crippen LogP) is 3.65. The summed E-state index contributed by atoms with van der Waals surface area (Å²) in [6.07, 6.45) is 0. The van der Waals surface area contributed by atoms with Gasteiger partial charge in [-0.05, 0) is 44.5 Å². The Hall–Kier alpha value is -2.05. The Labute approximate surface area is 160 Å². The molecule has 0 fully saturated rings. The molecule has 0 amide bonds. The van der Waals surface area contributed by atoms with Crippen LogP contribution in [0.3, 0.4) is 0 Å². The van der Waals surface area contributed by atoms with Gasteiger partial charge in [-0.25, -0.2) is 0 Å². The summed E-state index contributed by atoms with van der Waals surface area (Å²) in [6, 6.07) is 10.5. The van der Waals surface area contributed by atoms with Crippen molar-refractivity contribution in [2.24, 2.45) is 4.99 Å². The topological polar surface area (TPSA) is 54.9 Å². The number of hydrogen-bond acceptors (Lipinski definition) is 4. The molecule has 26 heavy (non-hydrogen) atoms. The molecule has 2 N–H and O–H groups in total. The van der Waals surface area contributed by atoms with E-state index in [4.69, 9.17) is 9.47 Å². The minimum absolute atomic E-state index is 0.551. The second kappa shape index (κ2) is 10.8. The van der Waals surface area contributed by atoms with Crippen LogP contribution in [0.1, 0.15) is 27.8 Å². The lowest BCUT2D eigenvalue weighted by atomic mass is 10.1. The molecule has 2 rings (SSSR count). The van der Waals surface area contributed by atoms with Gasteiger partial charge in [-0.15, -0.1) is 11.3 Å². The van der Waals surface area contributed by atoms with Crippen molar-refractivity contribution in [2.75, 3.05) is 26.9 Å². The van der Waals surface area contributed by atoms with Crippen molar-refractivity contribution < 1.29 is 9.47 Å². The summed E-state index contributed by atoms with van der Waals surface area (Å²) in [4.78, 5) is 6.91. The highest BCUT2D eigenvalue weighted by atomic mass is 32.1. The molecule has 142 valence electrons. The first-order valence-corrected chi connectivity index (χ1v) is 9.74. The normalized spacial score (nSPS) is 11.5. The Bertz CT molecular complexity index is 713. The van der Waals surface area contributed by atoms with Crippen molar-refractivity contribution in [1.82, 2.24) is 10.6 Å². The molecule has 0 aliphatic heterocycles. The molecule has 0 unspecified atom stereocenters. The van der Waals surface area contributed by atoms with Crippen molar-refractivity contribution in [3.05, 3.63) is 51.2 Å². The van der Waals surface area contributed by atoms with Crippen LogP contribution in [-0.4, -0.2) is 32.8 Å². The van der Waals surface area contributed by atoms with Gasteiger partial charge < -0.3 is 20.1 Å². The van der Waals surface area contributed by atoms with Crippen molar-refractivity contribution >= 4 is 17.3 Å². The van der Waals surface area contributed by atoms with E-state index < -0.39 is 0 Å². The number of nitrogens with one attached hydrogen (secondary N) is 2. The Kier molecular flexibility index (Phi) is 8.44. The number of hydrogen-bond donors (Lipinski definition) is 2. The molecule has 1 aromatic carbocycles. The van der Waals surface area contributed by atoms with Gasteiger partial charge in [0, 0.05) is 35.5 Å². The summed E-state index contributed by atoms with van der Waals surface area (Å²) in [5.74, 6) is 1.67. The summed E-state index contributed by atoms with van der Waals surface area (Å²) in [7, 11) is 1.78. The Morgan fingerprint density at radius 3 is 2.58 bits per heavy atom. The number of aryl methyl sites for hydroxylation is 2. The fourth-order valence-corrected chi connectivity index (χ4v) is 3.28. The van der Waals surface area contributed by atoms with E-state index in [2.05, 4.69) is 59.8 Å². The molecule has 1 heterocycles. The molecule has 6 heteroatoms. The van der Waals surface area contributed by atoms with E-state index in [1.807, 2.05) is 6.92 Å². The van der Waals surface area contributed by atoms with E-state index in [-0.39, 0.29) is 0 Å². The van der Waals surface area contributed by atoms with Crippen LogP contribution in [0.5, 0.6) is 5.75 Å². The molecule has 0 aliphatic rings. The average molecular weight is 376 g/mol. The molecule has 0 spiro atoms. The third-order valence-electron chi connectivity index (χ3n) is 3.81. The highest BCUT2D eigenvalue weighted by Gasteiger charge is 2.06. The van der Waals surface area contributed by atoms with E-state index in [1.54, 1.807) is 18.4 Å². The minimum Gasteiger partial charge on any atom is -0.491 e. The van der Waals surface area contributed by atoms with Gasteiger partial charge in [0.05, 0.1) is 13.2 Å². The zero-order valence-corrected chi connectivity index (χ0v) is 16.9. The van der Waals surface area contributed by atoms with Crippen LogP contribution in [0.4, 0.5) is 0 Å². The Balaban J connectivity index is 1.89. The van der Waals surface area contributed by atoms with Crippen LogP contribution < -0.4 is 15.4 Å². The number of aliphatic imine (C=N–C) groups is 1. The summed E-state index contributed by atoms with van der Waals surface area (Å²) >= 11 is 1.79. The van der Waals surface area contributed by atoms with Crippen LogP contribution in [0.2, 0.25) is 0 Å². The van der Waals surface area contributed by atoms with Gasteiger partial charge in [0.25, 0.3) is 0 Å². The number of ether oxygens (including phenoxy) is 2. The molecular formula is C20H29N3O2S. The number of thiophene rings is 1. The summed E-state index contributed by atoms with van der Waals surface area (Å²) in [5.41, 5.74) is 2.28. The highest BCUT2D eigenvalue weighted by Crippen LogP contribution is 2.20. The summed E-state index contributed by atoms with van der Waals surface area (Å²) in [5, 5.41) is 6.71. The second-order valence-electron chi connectivity index (χ2n) is 5.95. The summed E-state index contributed by atoms with van der Waals surface area (Å²) in [6.45, 7) is 9.43. The summed E-state index contributed by atoms with van der Waals surface area (Å²) < 4.78 is 11.2. The van der Waals surface area contributed by atoms with Crippen molar-refractivity contribution in [3.8, 4) is 5.75 Å². The van der Waals surface area contributed by atoms with Gasteiger partial charge in [0.2, 0.25) is 0 Å². The minimum atomic E-state index is 0.551. The van der Waals surface area contributed by atoms with E-state index in [0.29, 0.717) is 26.4 Å². The molecule has 0 aliphatic carbocycles. The molecule has 0 saturated heterocycles. The number of benzene rings is 1. The van der Waals surface area contributed by atoms with Gasteiger partial charge in [-0.1, -0.05) is 12.1 Å². The molecule has 5 nitrogen and oxygen atoms in total. The van der Waals surface area contributed by atoms with Crippen molar-refractivity contribution in [3.63, 3.8) is 0 Å². The van der Waals surface area contributed by atoms with E-state index in [9.17, 15) is 0 Å². The van der Waals surface area contributed by atoms with Gasteiger partial charge in [-0.2, -0.15) is 0 Å².